The van der Waals surface area contributed by atoms with Gasteiger partial charge in [0.25, 0.3) is 0 Å². The first-order chi connectivity index (χ1) is 9.17. The Kier molecular flexibility index (Phi) is 4.60. The molecule has 0 aliphatic heterocycles. The second-order valence-corrected chi connectivity index (χ2v) is 4.66. The molecule has 0 bridgehead atoms. The van der Waals surface area contributed by atoms with Crippen LogP contribution in [0.5, 0.6) is 5.75 Å². The van der Waals surface area contributed by atoms with Crippen molar-refractivity contribution in [2.45, 2.75) is 0 Å². The number of anilines is 2. The molecule has 0 unspecified atom stereocenters. The van der Waals surface area contributed by atoms with Gasteiger partial charge in [0.1, 0.15) is 5.75 Å². The number of rotatable bonds is 3. The molecule has 2 N–H and O–H groups in total. The lowest BCUT2D eigenvalue weighted by atomic mass is 10.3. The fourth-order valence-corrected chi connectivity index (χ4v) is 1.96. The second-order valence-electron chi connectivity index (χ2n) is 3.82. The number of methoxy groups -OCH3 is 1. The summed E-state index contributed by atoms with van der Waals surface area (Å²) < 4.78 is 5.09. The lowest BCUT2D eigenvalue weighted by Crippen LogP contribution is -2.18. The molecule has 0 amide bonds. The molecule has 0 spiro atoms. The highest BCUT2D eigenvalue weighted by molar-refractivity contribution is 7.80. The first-order valence-corrected chi connectivity index (χ1v) is 6.43. The van der Waals surface area contributed by atoms with Crippen molar-refractivity contribution in [3.05, 3.63) is 53.6 Å². The van der Waals surface area contributed by atoms with Crippen LogP contribution in [0.2, 0.25) is 5.02 Å². The molecule has 0 radical (unpaired) electrons. The molecule has 2 aromatic carbocycles. The van der Waals surface area contributed by atoms with E-state index in [1.54, 1.807) is 7.11 Å². The fraction of sp³-hybridized carbons (Fsp3) is 0.0714. The Balaban J connectivity index is 1.97. The summed E-state index contributed by atoms with van der Waals surface area (Å²) in [5, 5.41) is 7.32. The number of hydrogen-bond acceptors (Lipinski definition) is 2. The van der Waals surface area contributed by atoms with Crippen molar-refractivity contribution in [3.63, 3.8) is 0 Å². The number of ether oxygens (including phenoxy) is 1. The Morgan fingerprint density at radius 3 is 2.37 bits per heavy atom. The molecule has 0 aliphatic rings. The van der Waals surface area contributed by atoms with Gasteiger partial charge < -0.3 is 15.4 Å². The largest absolute Gasteiger partial charge is 0.497 e. The standard InChI is InChI=1S/C14H13ClN2OS/c1-18-13-7-5-11(6-8-13)16-14(19)17-12-4-2-3-10(15)9-12/h2-9H,1H3,(H2,16,17,19). The van der Waals surface area contributed by atoms with E-state index in [-0.39, 0.29) is 0 Å². The van der Waals surface area contributed by atoms with Crippen LogP contribution in [-0.4, -0.2) is 12.2 Å². The van der Waals surface area contributed by atoms with Crippen LogP contribution >= 0.6 is 23.8 Å². The molecule has 3 nitrogen and oxygen atoms in total. The third-order valence-electron chi connectivity index (χ3n) is 2.43. The highest BCUT2D eigenvalue weighted by Crippen LogP contribution is 2.17. The summed E-state index contributed by atoms with van der Waals surface area (Å²) in [6.07, 6.45) is 0. The molecule has 0 fully saturated rings. The zero-order chi connectivity index (χ0) is 13.7. The zero-order valence-corrected chi connectivity index (χ0v) is 11.9. The van der Waals surface area contributed by atoms with Crippen molar-refractivity contribution in [2.24, 2.45) is 0 Å². The summed E-state index contributed by atoms with van der Waals surface area (Å²) >= 11 is 11.1. The normalized spacial score (nSPS) is 9.79. The van der Waals surface area contributed by atoms with Gasteiger partial charge in [-0.3, -0.25) is 0 Å². The SMILES string of the molecule is COc1ccc(NC(=S)Nc2cccc(Cl)c2)cc1. The predicted molar refractivity (Wildman–Crippen MR) is 84.3 cm³/mol. The van der Waals surface area contributed by atoms with Crippen molar-refractivity contribution < 1.29 is 4.74 Å². The zero-order valence-electron chi connectivity index (χ0n) is 10.3. The third kappa shape index (κ3) is 4.12. The van der Waals surface area contributed by atoms with Crippen LogP contribution in [0, 0.1) is 0 Å². The number of nitrogens with one attached hydrogen (secondary N) is 2. The molecule has 0 atom stereocenters. The van der Waals surface area contributed by atoms with Crippen molar-refractivity contribution in [2.75, 3.05) is 17.7 Å². The summed E-state index contributed by atoms with van der Waals surface area (Å²) in [5.74, 6) is 0.805. The van der Waals surface area contributed by atoms with Crippen LogP contribution < -0.4 is 15.4 Å². The van der Waals surface area contributed by atoms with Gasteiger partial charge in [0.2, 0.25) is 0 Å². The maximum absolute atomic E-state index is 5.90. The van der Waals surface area contributed by atoms with Gasteiger partial charge in [-0.15, -0.1) is 0 Å². The Labute approximate surface area is 122 Å². The summed E-state index contributed by atoms with van der Waals surface area (Å²) in [6, 6.07) is 14.9. The maximum atomic E-state index is 5.90. The van der Waals surface area contributed by atoms with E-state index in [1.807, 2.05) is 48.5 Å². The van der Waals surface area contributed by atoms with Crippen molar-refractivity contribution in [1.29, 1.82) is 0 Å². The van der Waals surface area contributed by atoms with Gasteiger partial charge in [-0.1, -0.05) is 17.7 Å². The van der Waals surface area contributed by atoms with Crippen LogP contribution in [0.1, 0.15) is 0 Å². The molecule has 2 aromatic rings. The smallest absolute Gasteiger partial charge is 0.175 e. The summed E-state index contributed by atoms with van der Waals surface area (Å²) in [4.78, 5) is 0. The molecule has 0 aromatic heterocycles. The molecule has 0 heterocycles. The minimum atomic E-state index is 0.507. The first kappa shape index (κ1) is 13.6. The van der Waals surface area contributed by atoms with Gasteiger partial charge in [0.05, 0.1) is 7.11 Å². The van der Waals surface area contributed by atoms with Crippen LogP contribution in [0.3, 0.4) is 0 Å². The Morgan fingerprint density at radius 2 is 1.74 bits per heavy atom. The summed E-state index contributed by atoms with van der Waals surface area (Å²) in [7, 11) is 1.63. The number of halogens is 1. The average Bonchev–Trinajstić information content (AvgIpc) is 2.39. The van der Waals surface area contributed by atoms with Crippen LogP contribution in [0.15, 0.2) is 48.5 Å². The van der Waals surface area contributed by atoms with E-state index >= 15 is 0 Å². The molecular formula is C14H13ClN2OS. The molecule has 5 heteroatoms. The third-order valence-corrected chi connectivity index (χ3v) is 2.87. The van der Waals surface area contributed by atoms with Crippen molar-refractivity contribution >= 4 is 40.3 Å². The molecular weight excluding hydrogens is 280 g/mol. The van der Waals surface area contributed by atoms with Crippen LogP contribution in [0.4, 0.5) is 11.4 Å². The average molecular weight is 293 g/mol. The lowest BCUT2D eigenvalue weighted by molar-refractivity contribution is 0.415. The topological polar surface area (TPSA) is 33.3 Å². The maximum Gasteiger partial charge on any atom is 0.175 e. The van der Waals surface area contributed by atoms with Crippen LogP contribution in [0.25, 0.3) is 0 Å². The van der Waals surface area contributed by atoms with Gasteiger partial charge >= 0.3 is 0 Å². The van der Waals surface area contributed by atoms with Gasteiger partial charge in [0, 0.05) is 16.4 Å². The van der Waals surface area contributed by atoms with E-state index in [2.05, 4.69) is 10.6 Å². The molecule has 0 saturated heterocycles. The fourth-order valence-electron chi connectivity index (χ4n) is 1.53. The Morgan fingerprint density at radius 1 is 1.05 bits per heavy atom. The molecule has 98 valence electrons. The van der Waals surface area contributed by atoms with Gasteiger partial charge in [-0.2, -0.15) is 0 Å². The van der Waals surface area contributed by atoms with Gasteiger partial charge in [-0.25, -0.2) is 0 Å². The molecule has 2 rings (SSSR count). The number of thiocarbonyl (C=S) groups is 1. The van der Waals surface area contributed by atoms with Gasteiger partial charge in [0.15, 0.2) is 5.11 Å². The number of benzene rings is 2. The summed E-state index contributed by atoms with van der Waals surface area (Å²) in [5.41, 5.74) is 1.74. The van der Waals surface area contributed by atoms with E-state index in [9.17, 15) is 0 Å². The van der Waals surface area contributed by atoms with E-state index in [1.165, 1.54) is 0 Å². The molecule has 0 saturated carbocycles. The van der Waals surface area contributed by atoms with Crippen molar-refractivity contribution in [1.82, 2.24) is 0 Å². The van der Waals surface area contributed by atoms with Crippen LogP contribution in [-0.2, 0) is 0 Å². The van der Waals surface area contributed by atoms with Crippen molar-refractivity contribution in [3.8, 4) is 5.75 Å². The second kappa shape index (κ2) is 6.41. The lowest BCUT2D eigenvalue weighted by Gasteiger charge is -2.11. The molecule has 0 aliphatic carbocycles. The minimum absolute atomic E-state index is 0.507. The predicted octanol–water partition coefficient (Wildman–Crippen LogP) is 4.16. The minimum Gasteiger partial charge on any atom is -0.497 e. The van der Waals surface area contributed by atoms with Gasteiger partial charge in [-0.05, 0) is 54.7 Å². The highest BCUT2D eigenvalue weighted by Gasteiger charge is 2.00. The van der Waals surface area contributed by atoms with E-state index in [0.717, 1.165) is 17.1 Å². The molecule has 19 heavy (non-hydrogen) atoms. The monoisotopic (exact) mass is 292 g/mol. The quantitative estimate of drug-likeness (QED) is 0.832. The van der Waals surface area contributed by atoms with E-state index < -0.39 is 0 Å². The Hall–Kier alpha value is -1.78. The first-order valence-electron chi connectivity index (χ1n) is 5.65. The van der Waals surface area contributed by atoms with E-state index in [0.29, 0.717) is 10.1 Å². The summed E-state index contributed by atoms with van der Waals surface area (Å²) in [6.45, 7) is 0. The number of hydrogen-bond donors (Lipinski definition) is 2. The van der Waals surface area contributed by atoms with E-state index in [4.69, 9.17) is 28.6 Å². The highest BCUT2D eigenvalue weighted by atomic mass is 35.5. The Bertz CT molecular complexity index is 572.